The number of benzene rings is 1. The molecule has 0 saturated heterocycles. The molecule has 5 heteroatoms. The number of carbonyl (C=O) groups excluding carboxylic acids is 2. The van der Waals surface area contributed by atoms with Crippen LogP contribution in [0.1, 0.15) is 12.5 Å². The van der Waals surface area contributed by atoms with Crippen LogP contribution in [0.2, 0.25) is 0 Å². The average molecular weight is 249 g/mol. The molecule has 0 spiro atoms. The molecule has 0 aliphatic heterocycles. The third kappa shape index (κ3) is 4.55. The van der Waals surface area contributed by atoms with E-state index in [9.17, 15) is 9.59 Å². The lowest BCUT2D eigenvalue weighted by molar-refractivity contribution is -0.128. The minimum atomic E-state index is -0.0884. The lowest BCUT2D eigenvalue weighted by Crippen LogP contribution is -2.25. The topological polar surface area (TPSA) is 61.4 Å². The molecule has 2 amide bonds. The van der Waals surface area contributed by atoms with Gasteiger partial charge in [-0.1, -0.05) is 12.1 Å². The van der Waals surface area contributed by atoms with Gasteiger partial charge in [-0.15, -0.1) is 0 Å². The number of amides is 2. The highest BCUT2D eigenvalue weighted by Gasteiger charge is 2.05. The van der Waals surface area contributed by atoms with Crippen LogP contribution in [0.3, 0.4) is 0 Å². The molecule has 0 bridgehead atoms. The first-order valence-electron chi connectivity index (χ1n) is 5.78. The maximum Gasteiger partial charge on any atom is 0.238 e. The normalized spacial score (nSPS) is 9.94. The van der Waals surface area contributed by atoms with Crippen molar-refractivity contribution in [3.05, 3.63) is 29.8 Å². The predicted molar refractivity (Wildman–Crippen MR) is 71.1 cm³/mol. The van der Waals surface area contributed by atoms with Crippen molar-refractivity contribution in [2.24, 2.45) is 0 Å². The molecule has 0 radical (unpaired) electrons. The minimum Gasteiger partial charge on any atom is -0.342 e. The first-order chi connectivity index (χ1) is 8.52. The minimum absolute atomic E-state index is 0.0135. The number of anilines is 1. The third-order valence-electron chi connectivity index (χ3n) is 2.51. The number of likely N-dealkylation sites (N-methyl/N-ethyl adjacent to an activating group) is 1. The summed E-state index contributed by atoms with van der Waals surface area (Å²) in [5.74, 6) is -0.0748. The Morgan fingerprint density at radius 1 is 1.33 bits per heavy atom. The molecule has 0 unspecified atom stereocenters. The van der Waals surface area contributed by atoms with Gasteiger partial charge in [0.1, 0.15) is 0 Å². The van der Waals surface area contributed by atoms with E-state index in [2.05, 4.69) is 10.6 Å². The number of hydrogen-bond donors (Lipinski definition) is 2. The zero-order valence-corrected chi connectivity index (χ0v) is 11.0. The Morgan fingerprint density at radius 3 is 2.67 bits per heavy atom. The van der Waals surface area contributed by atoms with Crippen LogP contribution < -0.4 is 10.6 Å². The van der Waals surface area contributed by atoms with Crippen LogP contribution in [0.15, 0.2) is 24.3 Å². The molecule has 0 heterocycles. The van der Waals surface area contributed by atoms with Crippen molar-refractivity contribution in [1.82, 2.24) is 10.2 Å². The molecule has 1 aromatic rings. The number of rotatable bonds is 5. The van der Waals surface area contributed by atoms with Gasteiger partial charge in [0.05, 0.1) is 6.54 Å². The lowest BCUT2D eigenvalue weighted by atomic mass is 10.2. The van der Waals surface area contributed by atoms with Crippen molar-refractivity contribution in [3.8, 4) is 0 Å². The smallest absolute Gasteiger partial charge is 0.238 e. The van der Waals surface area contributed by atoms with E-state index >= 15 is 0 Å². The summed E-state index contributed by atoms with van der Waals surface area (Å²) in [5, 5.41) is 5.57. The van der Waals surface area contributed by atoms with Gasteiger partial charge in [0.15, 0.2) is 0 Å². The zero-order chi connectivity index (χ0) is 13.5. The van der Waals surface area contributed by atoms with Crippen LogP contribution in [-0.2, 0) is 16.1 Å². The van der Waals surface area contributed by atoms with Crippen LogP contribution in [0.4, 0.5) is 5.69 Å². The SMILES string of the molecule is CNCC(=O)Nc1cccc(CN(C)C(C)=O)c1. The fraction of sp³-hybridized carbons (Fsp3) is 0.385. The van der Waals surface area contributed by atoms with Gasteiger partial charge in [-0.05, 0) is 24.7 Å². The second-order valence-corrected chi connectivity index (χ2v) is 4.15. The monoisotopic (exact) mass is 249 g/mol. The van der Waals surface area contributed by atoms with E-state index in [0.29, 0.717) is 6.54 Å². The second-order valence-electron chi connectivity index (χ2n) is 4.15. The van der Waals surface area contributed by atoms with Crippen molar-refractivity contribution in [2.75, 3.05) is 26.0 Å². The van der Waals surface area contributed by atoms with E-state index in [4.69, 9.17) is 0 Å². The van der Waals surface area contributed by atoms with Gasteiger partial charge in [0, 0.05) is 26.2 Å². The first kappa shape index (κ1) is 14.2. The fourth-order valence-electron chi connectivity index (χ4n) is 1.50. The molecule has 98 valence electrons. The molecule has 0 saturated carbocycles. The number of nitrogens with zero attached hydrogens (tertiary/aromatic N) is 1. The van der Waals surface area contributed by atoms with E-state index in [-0.39, 0.29) is 18.4 Å². The van der Waals surface area contributed by atoms with Crippen molar-refractivity contribution in [1.29, 1.82) is 0 Å². The van der Waals surface area contributed by atoms with E-state index in [1.165, 1.54) is 6.92 Å². The van der Waals surface area contributed by atoms with Crippen LogP contribution in [0, 0.1) is 0 Å². The summed E-state index contributed by atoms with van der Waals surface area (Å²) in [7, 11) is 3.46. The fourth-order valence-corrected chi connectivity index (χ4v) is 1.50. The summed E-state index contributed by atoms with van der Waals surface area (Å²) in [5.41, 5.74) is 1.72. The Hall–Kier alpha value is -1.88. The molecule has 1 aromatic carbocycles. The Balaban J connectivity index is 2.67. The highest BCUT2D eigenvalue weighted by molar-refractivity contribution is 5.92. The van der Waals surface area contributed by atoms with Crippen molar-refractivity contribution >= 4 is 17.5 Å². The van der Waals surface area contributed by atoms with Gasteiger partial charge in [-0.3, -0.25) is 9.59 Å². The third-order valence-corrected chi connectivity index (χ3v) is 2.51. The number of carbonyl (C=O) groups is 2. The number of hydrogen-bond acceptors (Lipinski definition) is 3. The molecule has 5 nitrogen and oxygen atoms in total. The summed E-state index contributed by atoms with van der Waals surface area (Å²) in [6.45, 7) is 2.33. The highest BCUT2D eigenvalue weighted by atomic mass is 16.2. The predicted octanol–water partition coefficient (Wildman–Crippen LogP) is 0.823. The van der Waals surface area contributed by atoms with E-state index in [1.807, 2.05) is 24.3 Å². The lowest BCUT2D eigenvalue weighted by Gasteiger charge is -2.15. The maximum absolute atomic E-state index is 11.4. The molecule has 0 aliphatic carbocycles. The van der Waals surface area contributed by atoms with E-state index < -0.39 is 0 Å². The molecular formula is C13H19N3O2. The average Bonchev–Trinajstić information content (AvgIpc) is 2.29. The van der Waals surface area contributed by atoms with Crippen molar-refractivity contribution < 1.29 is 9.59 Å². The second kappa shape index (κ2) is 6.76. The largest absolute Gasteiger partial charge is 0.342 e. The van der Waals surface area contributed by atoms with Gasteiger partial charge < -0.3 is 15.5 Å². The van der Waals surface area contributed by atoms with E-state index in [0.717, 1.165) is 11.3 Å². The van der Waals surface area contributed by atoms with Crippen LogP contribution in [0.5, 0.6) is 0 Å². The molecule has 0 fully saturated rings. The molecule has 2 N–H and O–H groups in total. The maximum atomic E-state index is 11.4. The van der Waals surface area contributed by atoms with Gasteiger partial charge >= 0.3 is 0 Å². The Morgan fingerprint density at radius 2 is 2.06 bits per heavy atom. The summed E-state index contributed by atoms with van der Waals surface area (Å²) in [6.07, 6.45) is 0. The molecule has 0 aromatic heterocycles. The van der Waals surface area contributed by atoms with Crippen LogP contribution >= 0.6 is 0 Å². The Labute approximate surface area is 107 Å². The summed E-state index contributed by atoms with van der Waals surface area (Å²) in [6, 6.07) is 7.48. The zero-order valence-electron chi connectivity index (χ0n) is 11.0. The van der Waals surface area contributed by atoms with Crippen LogP contribution in [0.25, 0.3) is 0 Å². The van der Waals surface area contributed by atoms with Gasteiger partial charge in [0.2, 0.25) is 11.8 Å². The first-order valence-corrected chi connectivity index (χ1v) is 5.78. The van der Waals surface area contributed by atoms with Crippen molar-refractivity contribution in [3.63, 3.8) is 0 Å². The van der Waals surface area contributed by atoms with Gasteiger partial charge in [-0.2, -0.15) is 0 Å². The van der Waals surface area contributed by atoms with Crippen molar-refractivity contribution in [2.45, 2.75) is 13.5 Å². The molecule has 0 atom stereocenters. The molecule has 18 heavy (non-hydrogen) atoms. The molecule has 1 rings (SSSR count). The summed E-state index contributed by atoms with van der Waals surface area (Å²) < 4.78 is 0. The molecule has 0 aliphatic rings. The quantitative estimate of drug-likeness (QED) is 0.812. The summed E-state index contributed by atoms with van der Waals surface area (Å²) in [4.78, 5) is 24.2. The molecular weight excluding hydrogens is 230 g/mol. The Bertz CT molecular complexity index is 432. The van der Waals surface area contributed by atoms with Crippen LogP contribution in [-0.4, -0.2) is 37.4 Å². The van der Waals surface area contributed by atoms with Gasteiger partial charge in [-0.25, -0.2) is 0 Å². The standard InChI is InChI=1S/C13H19N3O2/c1-10(17)16(3)9-11-5-4-6-12(7-11)15-13(18)8-14-2/h4-7,14H,8-9H2,1-3H3,(H,15,18). The van der Waals surface area contributed by atoms with E-state index in [1.54, 1.807) is 19.0 Å². The highest BCUT2D eigenvalue weighted by Crippen LogP contribution is 2.12. The summed E-state index contributed by atoms with van der Waals surface area (Å²) >= 11 is 0. The van der Waals surface area contributed by atoms with Gasteiger partial charge in [0.25, 0.3) is 0 Å². The number of nitrogens with one attached hydrogen (secondary N) is 2. The Kier molecular flexibility index (Phi) is 5.32.